The SMILES string of the molecule is COc1ccc(C2=NN3[C@@H](c4ccc(Cl)c(Cl)c4)Oc4ccccc4[C@@H]3C2)cc1OC. The van der Waals surface area contributed by atoms with Crippen molar-refractivity contribution >= 4 is 28.9 Å². The summed E-state index contributed by atoms with van der Waals surface area (Å²) in [5, 5.41) is 7.98. The summed E-state index contributed by atoms with van der Waals surface area (Å²) in [7, 11) is 3.26. The van der Waals surface area contributed by atoms with Crippen LogP contribution < -0.4 is 14.2 Å². The van der Waals surface area contributed by atoms with E-state index in [0.717, 1.165) is 34.6 Å². The Kier molecular flexibility index (Phi) is 5.16. The molecule has 0 radical (unpaired) electrons. The summed E-state index contributed by atoms with van der Waals surface area (Å²) in [6, 6.07) is 19.5. The number of rotatable bonds is 4. The van der Waals surface area contributed by atoms with Gasteiger partial charge < -0.3 is 14.2 Å². The maximum Gasteiger partial charge on any atom is 0.213 e. The van der Waals surface area contributed by atoms with Crippen LogP contribution >= 0.6 is 23.2 Å². The third-order valence-electron chi connectivity index (χ3n) is 5.64. The fraction of sp³-hybridized carbons (Fsp3) is 0.208. The highest BCUT2D eigenvalue weighted by Crippen LogP contribution is 2.48. The fourth-order valence-electron chi connectivity index (χ4n) is 4.11. The minimum atomic E-state index is -0.410. The number of benzene rings is 3. The zero-order valence-electron chi connectivity index (χ0n) is 17.0. The Labute approximate surface area is 190 Å². The Morgan fingerprint density at radius 1 is 0.935 bits per heavy atom. The van der Waals surface area contributed by atoms with Gasteiger partial charge >= 0.3 is 0 Å². The standard InChI is InChI=1S/C24H20Cl2N2O3/c1-29-22-10-8-14(12-23(22)30-2)19-13-20-16-5-3-4-6-21(16)31-24(28(20)27-19)15-7-9-17(25)18(26)11-15/h3-12,20,24H,13H2,1-2H3/t20-,24+/m0/s1. The highest BCUT2D eigenvalue weighted by molar-refractivity contribution is 6.42. The first-order valence-corrected chi connectivity index (χ1v) is 10.6. The smallest absolute Gasteiger partial charge is 0.213 e. The molecule has 0 saturated heterocycles. The number of nitrogens with zero attached hydrogens (tertiary/aromatic N) is 2. The zero-order chi connectivity index (χ0) is 21.5. The van der Waals surface area contributed by atoms with Crippen LogP contribution in [0.5, 0.6) is 17.2 Å². The fourth-order valence-corrected chi connectivity index (χ4v) is 4.42. The van der Waals surface area contributed by atoms with Gasteiger partial charge in [-0.05, 0) is 36.4 Å². The van der Waals surface area contributed by atoms with Crippen LogP contribution in [0.25, 0.3) is 0 Å². The third-order valence-corrected chi connectivity index (χ3v) is 6.38. The molecular formula is C24H20Cl2N2O3. The van der Waals surface area contributed by atoms with Crippen molar-refractivity contribution in [2.24, 2.45) is 5.10 Å². The van der Waals surface area contributed by atoms with E-state index in [1.165, 1.54) is 0 Å². The second-order valence-electron chi connectivity index (χ2n) is 7.40. The minimum absolute atomic E-state index is 0.0486. The summed E-state index contributed by atoms with van der Waals surface area (Å²) in [6.07, 6.45) is 0.334. The van der Waals surface area contributed by atoms with Crippen LogP contribution in [0.4, 0.5) is 0 Å². The molecule has 31 heavy (non-hydrogen) atoms. The summed E-state index contributed by atoms with van der Waals surface area (Å²) in [5.74, 6) is 2.21. The van der Waals surface area contributed by atoms with Crippen molar-refractivity contribution in [1.29, 1.82) is 0 Å². The summed E-state index contributed by atoms with van der Waals surface area (Å²) >= 11 is 12.4. The lowest BCUT2D eigenvalue weighted by Crippen LogP contribution is -2.33. The maximum atomic E-state index is 6.36. The quantitative estimate of drug-likeness (QED) is 0.466. The van der Waals surface area contributed by atoms with E-state index in [0.29, 0.717) is 21.5 Å². The average molecular weight is 455 g/mol. The van der Waals surface area contributed by atoms with E-state index in [1.54, 1.807) is 20.3 Å². The molecule has 5 rings (SSSR count). The van der Waals surface area contributed by atoms with Crippen molar-refractivity contribution in [3.63, 3.8) is 0 Å². The van der Waals surface area contributed by atoms with E-state index >= 15 is 0 Å². The lowest BCUT2D eigenvalue weighted by atomic mass is 9.96. The van der Waals surface area contributed by atoms with Crippen molar-refractivity contribution in [1.82, 2.24) is 5.01 Å². The van der Waals surface area contributed by atoms with E-state index in [1.807, 2.05) is 53.5 Å². The summed E-state index contributed by atoms with van der Waals surface area (Å²) < 4.78 is 17.2. The van der Waals surface area contributed by atoms with Gasteiger partial charge in [0, 0.05) is 23.1 Å². The Morgan fingerprint density at radius 3 is 2.52 bits per heavy atom. The molecular weight excluding hydrogens is 435 g/mol. The molecule has 3 aromatic rings. The third kappa shape index (κ3) is 3.48. The lowest BCUT2D eigenvalue weighted by molar-refractivity contribution is -0.0190. The summed E-state index contributed by atoms with van der Waals surface area (Å²) in [5.41, 5.74) is 3.94. The van der Waals surface area contributed by atoms with E-state index in [-0.39, 0.29) is 6.04 Å². The van der Waals surface area contributed by atoms with Crippen molar-refractivity contribution in [3.05, 3.63) is 87.4 Å². The van der Waals surface area contributed by atoms with Gasteiger partial charge in [-0.25, -0.2) is 5.01 Å². The number of methoxy groups -OCH3 is 2. The van der Waals surface area contributed by atoms with Gasteiger partial charge in [0.05, 0.1) is 36.0 Å². The maximum absolute atomic E-state index is 6.36. The zero-order valence-corrected chi connectivity index (χ0v) is 18.5. The van der Waals surface area contributed by atoms with Gasteiger partial charge in [0.2, 0.25) is 6.23 Å². The average Bonchev–Trinajstić information content (AvgIpc) is 3.25. The number of halogens is 2. The van der Waals surface area contributed by atoms with Crippen molar-refractivity contribution in [2.45, 2.75) is 18.7 Å². The van der Waals surface area contributed by atoms with E-state index in [4.69, 9.17) is 42.5 Å². The van der Waals surface area contributed by atoms with Crippen molar-refractivity contribution in [3.8, 4) is 17.2 Å². The second kappa shape index (κ2) is 7.98. The molecule has 0 aromatic heterocycles. The Bertz CT molecular complexity index is 1180. The van der Waals surface area contributed by atoms with E-state index in [9.17, 15) is 0 Å². The Morgan fingerprint density at radius 2 is 1.74 bits per heavy atom. The normalized spacial score (nSPS) is 19.2. The number of fused-ring (bicyclic) bond motifs is 3. The molecule has 0 aliphatic carbocycles. The van der Waals surface area contributed by atoms with Crippen LogP contribution in [0.15, 0.2) is 65.8 Å². The summed E-state index contributed by atoms with van der Waals surface area (Å²) in [4.78, 5) is 0. The van der Waals surface area contributed by atoms with Crippen LogP contribution in [-0.2, 0) is 0 Å². The Hall–Kier alpha value is -2.89. The summed E-state index contributed by atoms with van der Waals surface area (Å²) in [6.45, 7) is 0. The number of hydrogen-bond acceptors (Lipinski definition) is 5. The van der Waals surface area contributed by atoms with E-state index in [2.05, 4.69) is 6.07 Å². The highest BCUT2D eigenvalue weighted by Gasteiger charge is 2.41. The monoisotopic (exact) mass is 454 g/mol. The number of para-hydroxylation sites is 1. The van der Waals surface area contributed by atoms with Crippen molar-refractivity contribution < 1.29 is 14.2 Å². The molecule has 2 atom stereocenters. The first-order chi connectivity index (χ1) is 15.1. The number of hydrazone groups is 1. The van der Waals surface area contributed by atoms with Crippen LogP contribution in [0, 0.1) is 0 Å². The molecule has 0 spiro atoms. The molecule has 0 N–H and O–H groups in total. The second-order valence-corrected chi connectivity index (χ2v) is 8.21. The van der Waals surface area contributed by atoms with Crippen molar-refractivity contribution in [2.75, 3.05) is 14.2 Å². The molecule has 0 amide bonds. The molecule has 7 heteroatoms. The lowest BCUT2D eigenvalue weighted by Gasteiger charge is -2.38. The first-order valence-electron chi connectivity index (χ1n) is 9.88. The minimum Gasteiger partial charge on any atom is -0.493 e. The van der Waals surface area contributed by atoms with Crippen LogP contribution in [-0.4, -0.2) is 24.9 Å². The number of hydrogen-bond donors (Lipinski definition) is 0. The van der Waals surface area contributed by atoms with Gasteiger partial charge in [-0.2, -0.15) is 5.10 Å². The molecule has 5 nitrogen and oxygen atoms in total. The molecule has 0 bridgehead atoms. The molecule has 3 aromatic carbocycles. The highest BCUT2D eigenvalue weighted by atomic mass is 35.5. The molecule has 2 aliphatic rings. The molecule has 2 aliphatic heterocycles. The predicted octanol–water partition coefficient (Wildman–Crippen LogP) is 6.25. The van der Waals surface area contributed by atoms with E-state index < -0.39 is 6.23 Å². The molecule has 0 saturated carbocycles. The van der Waals surface area contributed by atoms with Gasteiger partial charge in [0.1, 0.15) is 5.75 Å². The van der Waals surface area contributed by atoms with Gasteiger partial charge in [-0.3, -0.25) is 0 Å². The first kappa shape index (κ1) is 20.0. The van der Waals surface area contributed by atoms with Gasteiger partial charge in [-0.15, -0.1) is 0 Å². The van der Waals surface area contributed by atoms with Crippen LogP contribution in [0.1, 0.15) is 35.4 Å². The topological polar surface area (TPSA) is 43.3 Å². The molecule has 158 valence electrons. The molecule has 2 heterocycles. The van der Waals surface area contributed by atoms with Gasteiger partial charge in [-0.1, -0.05) is 47.5 Å². The number of ether oxygens (including phenoxy) is 3. The van der Waals surface area contributed by atoms with Gasteiger partial charge in [0.25, 0.3) is 0 Å². The largest absolute Gasteiger partial charge is 0.493 e. The van der Waals surface area contributed by atoms with Crippen LogP contribution in [0.2, 0.25) is 10.0 Å². The molecule has 0 fully saturated rings. The van der Waals surface area contributed by atoms with Gasteiger partial charge in [0.15, 0.2) is 11.5 Å². The van der Waals surface area contributed by atoms with Crippen LogP contribution in [0.3, 0.4) is 0 Å². The Balaban J connectivity index is 1.58. The predicted molar refractivity (Wildman–Crippen MR) is 122 cm³/mol. The molecule has 0 unspecified atom stereocenters.